The number of pyridine rings is 1. The van der Waals surface area contributed by atoms with Crippen LogP contribution >= 0.6 is 0 Å². The van der Waals surface area contributed by atoms with Gasteiger partial charge < -0.3 is 9.30 Å². The molecule has 1 aromatic carbocycles. The van der Waals surface area contributed by atoms with E-state index in [-0.39, 0.29) is 41.7 Å². The summed E-state index contributed by atoms with van der Waals surface area (Å²) >= 11 is 0. The monoisotopic (exact) mass is 538 g/mol. The third-order valence-electron chi connectivity index (χ3n) is 5.92. The van der Waals surface area contributed by atoms with Gasteiger partial charge in [0.1, 0.15) is 34.4 Å². The normalized spacial score (nSPS) is 16.7. The van der Waals surface area contributed by atoms with E-state index >= 15 is 4.39 Å². The number of nitrogens with one attached hydrogen (secondary N) is 1. The van der Waals surface area contributed by atoms with Crippen molar-refractivity contribution in [3.05, 3.63) is 82.4 Å². The summed E-state index contributed by atoms with van der Waals surface area (Å²) < 4.78 is 49.3. The molecule has 0 radical (unpaired) electrons. The highest BCUT2D eigenvalue weighted by Crippen LogP contribution is 2.36. The number of Topliss-reactive ketones (excluding diaryl/α,β-unsaturated/α-hetero) is 1. The molecule has 0 saturated carbocycles. The molecule has 0 bridgehead atoms. The molecular weight excluding hydrogens is 513 g/mol. The predicted octanol–water partition coefficient (Wildman–Crippen LogP) is 4.85. The number of nitriles is 1. The summed E-state index contributed by atoms with van der Waals surface area (Å²) in [6, 6.07) is 8.87. The highest BCUT2D eigenvalue weighted by atomic mass is 19.3. The van der Waals surface area contributed by atoms with Gasteiger partial charge in [0.05, 0.1) is 18.3 Å². The van der Waals surface area contributed by atoms with Crippen LogP contribution in [0.1, 0.15) is 72.8 Å². The fourth-order valence-corrected chi connectivity index (χ4v) is 4.18. The van der Waals surface area contributed by atoms with E-state index in [0.717, 1.165) is 6.20 Å². The number of halogens is 3. The van der Waals surface area contributed by atoms with E-state index in [0.29, 0.717) is 11.1 Å². The Bertz CT molecular complexity index is 1500. The van der Waals surface area contributed by atoms with E-state index < -0.39 is 35.2 Å². The number of hydrogen-bond donors (Lipinski definition) is 1. The molecule has 1 N–H and O–H groups in total. The molecule has 1 aliphatic rings. The van der Waals surface area contributed by atoms with Crippen LogP contribution in [0.15, 0.2) is 47.7 Å². The standard InChI is InChI=1S/C27H25F3N6O3/c1-26(2,3)39-25(38)34-23-24-33-13-20(22(29)30)36(24)14-27(4,35-23)17-9-15(5-7-18(17)28)10-21(37)19-8-6-16(11-31)12-32-19/h5-9,12-13,22H,10,14H2,1-4H3,(H,34,35,38). The van der Waals surface area contributed by atoms with Gasteiger partial charge in [-0.3, -0.25) is 20.1 Å². The quantitative estimate of drug-likeness (QED) is 0.464. The Morgan fingerprint density at radius 1 is 1.21 bits per heavy atom. The van der Waals surface area contributed by atoms with E-state index in [9.17, 15) is 18.4 Å². The predicted molar refractivity (Wildman–Crippen MR) is 134 cm³/mol. The Hall–Kier alpha value is -4.53. The van der Waals surface area contributed by atoms with Crippen LogP contribution in [0.4, 0.5) is 18.0 Å². The molecule has 9 nitrogen and oxygen atoms in total. The Balaban J connectivity index is 1.71. The number of alkyl halides is 2. The number of aliphatic imine (C=N–C) groups is 1. The van der Waals surface area contributed by atoms with Crippen LogP contribution < -0.4 is 5.32 Å². The maximum Gasteiger partial charge on any atom is 0.413 e. The molecule has 0 fully saturated rings. The smallest absolute Gasteiger partial charge is 0.413 e. The molecule has 0 saturated heterocycles. The number of nitrogens with zero attached hydrogens (tertiary/aromatic N) is 5. The van der Waals surface area contributed by atoms with Gasteiger partial charge in [0.2, 0.25) is 0 Å². The highest BCUT2D eigenvalue weighted by molar-refractivity contribution is 6.05. The first kappa shape index (κ1) is 27.5. The summed E-state index contributed by atoms with van der Waals surface area (Å²) in [5, 5.41) is 11.4. The number of rotatable bonds is 5. The van der Waals surface area contributed by atoms with E-state index in [1.54, 1.807) is 20.8 Å². The summed E-state index contributed by atoms with van der Waals surface area (Å²) in [6.07, 6.45) is -1.64. The van der Waals surface area contributed by atoms with Crippen molar-refractivity contribution < 1.29 is 27.5 Å². The first-order valence-electron chi connectivity index (χ1n) is 11.9. The van der Waals surface area contributed by atoms with Crippen molar-refractivity contribution in [2.75, 3.05) is 0 Å². The van der Waals surface area contributed by atoms with Gasteiger partial charge in [0.15, 0.2) is 17.4 Å². The number of hydrogen-bond acceptors (Lipinski definition) is 7. The SMILES string of the molecule is CC(C)(C)OC(=O)NC1=NC(C)(c2cc(CC(=O)c3ccc(C#N)cn3)ccc2F)Cn2c(C(F)F)cnc21. The van der Waals surface area contributed by atoms with E-state index in [2.05, 4.69) is 20.3 Å². The van der Waals surface area contributed by atoms with Crippen molar-refractivity contribution >= 4 is 17.7 Å². The number of benzene rings is 1. The lowest BCUT2D eigenvalue weighted by molar-refractivity contribution is 0.0562. The van der Waals surface area contributed by atoms with E-state index in [1.165, 1.54) is 48.0 Å². The lowest BCUT2D eigenvalue weighted by Crippen LogP contribution is -2.44. The van der Waals surface area contributed by atoms with Gasteiger partial charge in [-0.1, -0.05) is 6.07 Å². The summed E-state index contributed by atoms with van der Waals surface area (Å²) in [6.45, 7) is 6.31. The van der Waals surface area contributed by atoms with Gasteiger partial charge in [-0.15, -0.1) is 0 Å². The lowest BCUT2D eigenvalue weighted by atomic mass is 9.88. The zero-order chi connectivity index (χ0) is 28.5. The number of ether oxygens (including phenoxy) is 1. The summed E-state index contributed by atoms with van der Waals surface area (Å²) in [5.74, 6) is -1.22. The summed E-state index contributed by atoms with van der Waals surface area (Å²) in [4.78, 5) is 37.8. The largest absolute Gasteiger partial charge is 0.444 e. The number of alkyl carbamates (subject to hydrolysis) is 1. The number of fused-ring (bicyclic) bond motifs is 1. The molecule has 3 heterocycles. The number of ketones is 1. The molecule has 2 aromatic heterocycles. The van der Waals surface area contributed by atoms with Crippen LogP contribution in [0.3, 0.4) is 0 Å². The van der Waals surface area contributed by atoms with E-state index in [1.807, 2.05) is 6.07 Å². The van der Waals surface area contributed by atoms with Crippen molar-refractivity contribution in [3.8, 4) is 6.07 Å². The Labute approximate surface area is 222 Å². The average Bonchev–Trinajstić information content (AvgIpc) is 3.28. The number of carbonyl (C=O) groups is 2. The van der Waals surface area contributed by atoms with Crippen molar-refractivity contribution in [2.24, 2.45) is 4.99 Å². The molecule has 4 rings (SSSR count). The molecular formula is C27H25F3N6O3. The zero-order valence-corrected chi connectivity index (χ0v) is 21.6. The van der Waals surface area contributed by atoms with Crippen LogP contribution in [0.2, 0.25) is 0 Å². The minimum atomic E-state index is -2.88. The van der Waals surface area contributed by atoms with Gasteiger partial charge in [0, 0.05) is 18.2 Å². The molecule has 0 aliphatic carbocycles. The lowest BCUT2D eigenvalue weighted by Gasteiger charge is -2.33. The first-order chi connectivity index (χ1) is 18.3. The number of amides is 1. The molecule has 12 heteroatoms. The molecule has 3 aromatic rings. The summed E-state index contributed by atoms with van der Waals surface area (Å²) in [5.41, 5.74) is -1.82. The third kappa shape index (κ3) is 5.98. The highest BCUT2D eigenvalue weighted by Gasteiger charge is 2.39. The van der Waals surface area contributed by atoms with Gasteiger partial charge in [0.25, 0.3) is 6.43 Å². The van der Waals surface area contributed by atoms with Crippen molar-refractivity contribution in [1.29, 1.82) is 5.26 Å². The molecule has 202 valence electrons. The number of carbonyl (C=O) groups excluding carboxylic acids is 2. The molecule has 1 atom stereocenters. The van der Waals surface area contributed by atoms with Gasteiger partial charge >= 0.3 is 6.09 Å². The van der Waals surface area contributed by atoms with Gasteiger partial charge in [-0.25, -0.2) is 22.9 Å². The van der Waals surface area contributed by atoms with E-state index in [4.69, 9.17) is 10.00 Å². The third-order valence-corrected chi connectivity index (χ3v) is 5.92. The van der Waals surface area contributed by atoms with Crippen molar-refractivity contribution in [3.63, 3.8) is 0 Å². The fraction of sp³-hybridized carbons (Fsp3) is 0.333. The topological polar surface area (TPSA) is 122 Å². The van der Waals surface area contributed by atoms with Crippen molar-refractivity contribution in [1.82, 2.24) is 19.9 Å². The number of aromatic nitrogens is 3. The van der Waals surface area contributed by atoms with Crippen molar-refractivity contribution in [2.45, 2.75) is 58.2 Å². The number of imidazole rings is 1. The Kier molecular flexibility index (Phi) is 7.28. The second kappa shape index (κ2) is 10.3. The maximum absolute atomic E-state index is 15.2. The van der Waals surface area contributed by atoms with Gasteiger partial charge in [-0.2, -0.15) is 5.26 Å². The summed E-state index contributed by atoms with van der Waals surface area (Å²) in [7, 11) is 0. The average molecular weight is 539 g/mol. The molecule has 1 amide bonds. The van der Waals surface area contributed by atoms with Gasteiger partial charge in [-0.05, 0) is 57.5 Å². The van der Waals surface area contributed by atoms with Crippen LogP contribution in [-0.4, -0.2) is 37.8 Å². The first-order valence-corrected chi connectivity index (χ1v) is 11.9. The van der Waals surface area contributed by atoms with Crippen LogP contribution in [-0.2, 0) is 23.2 Å². The van der Waals surface area contributed by atoms with Crippen LogP contribution in [0.25, 0.3) is 0 Å². The fourth-order valence-electron chi connectivity index (χ4n) is 4.18. The van der Waals surface area contributed by atoms with Crippen LogP contribution in [0.5, 0.6) is 0 Å². The second-order valence-corrected chi connectivity index (χ2v) is 10.2. The zero-order valence-electron chi connectivity index (χ0n) is 21.6. The number of amidine groups is 1. The Morgan fingerprint density at radius 3 is 2.56 bits per heavy atom. The minimum absolute atomic E-state index is 0.0211. The maximum atomic E-state index is 15.2. The Morgan fingerprint density at radius 2 is 1.95 bits per heavy atom. The molecule has 1 aliphatic heterocycles. The minimum Gasteiger partial charge on any atom is -0.444 e. The molecule has 1 unspecified atom stereocenters. The molecule has 39 heavy (non-hydrogen) atoms. The van der Waals surface area contributed by atoms with Crippen LogP contribution in [0, 0.1) is 17.1 Å². The second-order valence-electron chi connectivity index (χ2n) is 10.2. The molecule has 0 spiro atoms.